The maximum atomic E-state index is 11.7. The van der Waals surface area contributed by atoms with Crippen LogP contribution in [-0.4, -0.2) is 24.1 Å². The predicted molar refractivity (Wildman–Crippen MR) is 66.5 cm³/mol. The molecule has 1 saturated heterocycles. The van der Waals surface area contributed by atoms with E-state index < -0.39 is 0 Å². The van der Waals surface area contributed by atoms with Crippen molar-refractivity contribution >= 4 is 22.4 Å². The minimum Gasteiger partial charge on any atom is -0.381 e. The van der Waals surface area contributed by atoms with Gasteiger partial charge in [-0.05, 0) is 18.8 Å². The Hall–Kier alpha value is -1.14. The highest BCUT2D eigenvalue weighted by atomic mass is 32.1. The lowest BCUT2D eigenvalue weighted by Crippen LogP contribution is -2.28. The summed E-state index contributed by atoms with van der Waals surface area (Å²) in [6.07, 6.45) is 2.68. The predicted octanol–water partition coefficient (Wildman–Crippen LogP) is 1.16. The van der Waals surface area contributed by atoms with Gasteiger partial charge in [0.2, 0.25) is 5.91 Å². The van der Waals surface area contributed by atoms with Crippen LogP contribution >= 0.6 is 11.3 Å². The molecule has 1 atom stereocenters. The molecule has 5 nitrogen and oxygen atoms in total. The number of aromatic nitrogens is 1. The van der Waals surface area contributed by atoms with E-state index in [4.69, 9.17) is 10.5 Å². The normalized spacial score (nSPS) is 20.1. The Morgan fingerprint density at radius 1 is 1.71 bits per heavy atom. The molecule has 2 rings (SSSR count). The maximum absolute atomic E-state index is 11.7. The topological polar surface area (TPSA) is 77.2 Å². The lowest BCUT2D eigenvalue weighted by atomic mass is 9.98. The Labute approximate surface area is 104 Å². The van der Waals surface area contributed by atoms with Crippen LogP contribution in [0.15, 0.2) is 5.38 Å². The molecule has 1 unspecified atom stereocenters. The van der Waals surface area contributed by atoms with Crippen LogP contribution in [0.25, 0.3) is 0 Å². The summed E-state index contributed by atoms with van der Waals surface area (Å²) in [7, 11) is 0. The number of hydrogen-bond donors (Lipinski definition) is 2. The van der Waals surface area contributed by atoms with E-state index in [0.717, 1.165) is 25.1 Å². The van der Waals surface area contributed by atoms with Gasteiger partial charge in [0.25, 0.3) is 0 Å². The Morgan fingerprint density at radius 2 is 2.59 bits per heavy atom. The van der Waals surface area contributed by atoms with Crippen molar-refractivity contribution in [3.05, 3.63) is 11.1 Å². The van der Waals surface area contributed by atoms with Crippen LogP contribution < -0.4 is 11.1 Å². The lowest BCUT2D eigenvalue weighted by molar-refractivity contribution is -0.123. The molecule has 6 heteroatoms. The molecule has 0 aliphatic carbocycles. The summed E-state index contributed by atoms with van der Waals surface area (Å²) < 4.78 is 5.34. The SMILES string of the molecule is Nc1nc(CNC(=O)CC2CCCOC2)cs1. The molecule has 0 radical (unpaired) electrons. The zero-order valence-corrected chi connectivity index (χ0v) is 10.5. The molecule has 0 saturated carbocycles. The Balaban J connectivity index is 1.70. The lowest BCUT2D eigenvalue weighted by Gasteiger charge is -2.21. The van der Waals surface area contributed by atoms with Gasteiger partial charge in [-0.15, -0.1) is 11.3 Å². The van der Waals surface area contributed by atoms with E-state index in [2.05, 4.69) is 10.3 Å². The van der Waals surface area contributed by atoms with Gasteiger partial charge in [0.1, 0.15) is 0 Å². The number of ether oxygens (including phenoxy) is 1. The van der Waals surface area contributed by atoms with Crippen LogP contribution in [0.1, 0.15) is 25.0 Å². The summed E-state index contributed by atoms with van der Waals surface area (Å²) in [4.78, 5) is 15.8. The van der Waals surface area contributed by atoms with E-state index in [-0.39, 0.29) is 5.91 Å². The van der Waals surface area contributed by atoms with E-state index in [0.29, 0.717) is 30.6 Å². The van der Waals surface area contributed by atoms with Gasteiger partial charge in [0.05, 0.1) is 12.2 Å². The molecule has 1 aromatic rings. The number of nitrogen functional groups attached to an aromatic ring is 1. The third-order valence-corrected chi connectivity index (χ3v) is 3.49. The molecule has 1 aliphatic rings. The number of amides is 1. The monoisotopic (exact) mass is 255 g/mol. The fraction of sp³-hybridized carbons (Fsp3) is 0.636. The number of anilines is 1. The Kier molecular flexibility index (Phi) is 4.33. The van der Waals surface area contributed by atoms with Crippen molar-refractivity contribution in [1.82, 2.24) is 10.3 Å². The summed E-state index contributed by atoms with van der Waals surface area (Å²) in [5.74, 6) is 0.427. The highest BCUT2D eigenvalue weighted by Gasteiger charge is 2.17. The zero-order chi connectivity index (χ0) is 12.1. The van der Waals surface area contributed by atoms with Gasteiger partial charge in [0.15, 0.2) is 5.13 Å². The summed E-state index contributed by atoms with van der Waals surface area (Å²) in [6, 6.07) is 0. The number of nitrogens with two attached hydrogens (primary N) is 1. The van der Waals surface area contributed by atoms with Crippen molar-refractivity contribution in [1.29, 1.82) is 0 Å². The van der Waals surface area contributed by atoms with Crippen molar-refractivity contribution in [2.75, 3.05) is 18.9 Å². The highest BCUT2D eigenvalue weighted by Crippen LogP contribution is 2.17. The molecule has 17 heavy (non-hydrogen) atoms. The second-order valence-electron chi connectivity index (χ2n) is 4.24. The molecule has 1 aromatic heterocycles. The average Bonchev–Trinajstić information content (AvgIpc) is 2.74. The van der Waals surface area contributed by atoms with Crippen LogP contribution in [0.5, 0.6) is 0 Å². The van der Waals surface area contributed by atoms with Crippen LogP contribution in [0.4, 0.5) is 5.13 Å². The molecule has 2 heterocycles. The average molecular weight is 255 g/mol. The number of nitrogens with one attached hydrogen (secondary N) is 1. The number of carbonyl (C=O) groups excluding carboxylic acids is 1. The second-order valence-corrected chi connectivity index (χ2v) is 5.13. The van der Waals surface area contributed by atoms with Crippen molar-refractivity contribution in [3.8, 4) is 0 Å². The molecule has 3 N–H and O–H groups in total. The molecule has 94 valence electrons. The number of hydrogen-bond acceptors (Lipinski definition) is 5. The van der Waals surface area contributed by atoms with E-state index in [1.807, 2.05) is 5.38 Å². The van der Waals surface area contributed by atoms with Gasteiger partial charge in [0, 0.05) is 25.0 Å². The van der Waals surface area contributed by atoms with Gasteiger partial charge in [-0.3, -0.25) is 4.79 Å². The van der Waals surface area contributed by atoms with E-state index >= 15 is 0 Å². The third-order valence-electron chi connectivity index (χ3n) is 2.76. The number of carbonyl (C=O) groups is 1. The molecule has 0 bridgehead atoms. The largest absolute Gasteiger partial charge is 0.381 e. The molecule has 1 fully saturated rings. The number of thiazole rings is 1. The molecule has 0 spiro atoms. The van der Waals surface area contributed by atoms with Crippen molar-refractivity contribution in [2.24, 2.45) is 5.92 Å². The molecular formula is C11H17N3O2S. The van der Waals surface area contributed by atoms with Crippen LogP contribution in [0, 0.1) is 5.92 Å². The fourth-order valence-electron chi connectivity index (χ4n) is 1.90. The standard InChI is InChI=1S/C11H17N3O2S/c12-11-14-9(7-17-11)5-13-10(15)4-8-2-1-3-16-6-8/h7-8H,1-6H2,(H2,12,14)(H,13,15). The second kappa shape index (κ2) is 5.97. The van der Waals surface area contributed by atoms with Crippen molar-refractivity contribution in [3.63, 3.8) is 0 Å². The van der Waals surface area contributed by atoms with Crippen molar-refractivity contribution < 1.29 is 9.53 Å². The molecule has 1 aliphatic heterocycles. The minimum absolute atomic E-state index is 0.0621. The van der Waals surface area contributed by atoms with E-state index in [1.54, 1.807) is 0 Å². The van der Waals surface area contributed by atoms with Gasteiger partial charge in [-0.1, -0.05) is 0 Å². The third kappa shape index (κ3) is 3.98. The molecule has 0 aromatic carbocycles. The van der Waals surface area contributed by atoms with Crippen LogP contribution in [0.2, 0.25) is 0 Å². The minimum atomic E-state index is 0.0621. The summed E-state index contributed by atoms with van der Waals surface area (Å²) in [5, 5.41) is 5.25. The summed E-state index contributed by atoms with van der Waals surface area (Å²) in [5.41, 5.74) is 6.33. The first-order valence-corrected chi connectivity index (χ1v) is 6.66. The Morgan fingerprint density at radius 3 is 3.24 bits per heavy atom. The van der Waals surface area contributed by atoms with Gasteiger partial charge >= 0.3 is 0 Å². The van der Waals surface area contributed by atoms with Crippen LogP contribution in [-0.2, 0) is 16.1 Å². The fourth-order valence-corrected chi connectivity index (χ4v) is 2.46. The molecule has 1 amide bonds. The first kappa shape index (κ1) is 12.3. The summed E-state index contributed by atoms with van der Waals surface area (Å²) in [6.45, 7) is 1.99. The smallest absolute Gasteiger partial charge is 0.220 e. The van der Waals surface area contributed by atoms with Crippen molar-refractivity contribution in [2.45, 2.75) is 25.8 Å². The van der Waals surface area contributed by atoms with Gasteiger partial charge in [-0.2, -0.15) is 0 Å². The van der Waals surface area contributed by atoms with Crippen LogP contribution in [0.3, 0.4) is 0 Å². The highest BCUT2D eigenvalue weighted by molar-refractivity contribution is 7.13. The van der Waals surface area contributed by atoms with E-state index in [9.17, 15) is 4.79 Å². The quantitative estimate of drug-likeness (QED) is 0.846. The van der Waals surface area contributed by atoms with Gasteiger partial charge < -0.3 is 15.8 Å². The maximum Gasteiger partial charge on any atom is 0.220 e. The van der Waals surface area contributed by atoms with E-state index in [1.165, 1.54) is 11.3 Å². The first-order valence-electron chi connectivity index (χ1n) is 5.78. The Bertz CT molecular complexity index is 375. The first-order chi connectivity index (χ1) is 8.24. The van der Waals surface area contributed by atoms with Gasteiger partial charge in [-0.25, -0.2) is 4.98 Å². The summed E-state index contributed by atoms with van der Waals surface area (Å²) >= 11 is 1.39. The number of rotatable bonds is 4. The number of nitrogens with zero attached hydrogens (tertiary/aromatic N) is 1. The zero-order valence-electron chi connectivity index (χ0n) is 9.65. The molecular weight excluding hydrogens is 238 g/mol.